The van der Waals surface area contributed by atoms with E-state index in [1.165, 1.54) is 45.4 Å². The molecule has 0 radical (unpaired) electrons. The lowest BCUT2D eigenvalue weighted by molar-refractivity contribution is 0.667. The van der Waals surface area contributed by atoms with Crippen molar-refractivity contribution in [1.29, 1.82) is 0 Å². The molecule has 0 saturated heterocycles. The van der Waals surface area contributed by atoms with Crippen molar-refractivity contribution in [2.75, 3.05) is 0 Å². The predicted octanol–water partition coefficient (Wildman–Crippen LogP) is 17.2. The van der Waals surface area contributed by atoms with Crippen molar-refractivity contribution < 1.29 is 0 Å². The molecule has 0 aromatic heterocycles. The summed E-state index contributed by atoms with van der Waals surface area (Å²) in [6, 6.07) is 7.30. The van der Waals surface area contributed by atoms with Gasteiger partial charge in [0.25, 0.3) is 0 Å². The van der Waals surface area contributed by atoms with Gasteiger partial charge in [-0.2, -0.15) is 0 Å². The summed E-state index contributed by atoms with van der Waals surface area (Å²) in [4.78, 5) is 0. The fourth-order valence-corrected chi connectivity index (χ4v) is 8.04. The van der Waals surface area contributed by atoms with Crippen molar-refractivity contribution in [3.63, 3.8) is 0 Å². The van der Waals surface area contributed by atoms with Crippen molar-refractivity contribution in [3.05, 3.63) is 86.5 Å². The van der Waals surface area contributed by atoms with E-state index in [-0.39, 0.29) is 0 Å². The smallest absolute Gasteiger partial charge is 0.00702 e. The Morgan fingerprint density at radius 2 is 1.02 bits per heavy atom. The fraction of sp³-hybridized carbons (Fsp3) is 0.615. The van der Waals surface area contributed by atoms with Gasteiger partial charge >= 0.3 is 0 Å². The number of benzene rings is 2. The molecule has 0 nitrogen and oxygen atoms in total. The van der Waals surface area contributed by atoms with Crippen molar-refractivity contribution >= 4 is 28.9 Å². The highest BCUT2D eigenvalue weighted by atomic mass is 14.4. The lowest BCUT2D eigenvalue weighted by Crippen LogP contribution is -2.18. The van der Waals surface area contributed by atoms with Gasteiger partial charge in [0.15, 0.2) is 0 Å². The summed E-state index contributed by atoms with van der Waals surface area (Å²) in [5.41, 5.74) is 18.4. The van der Waals surface area contributed by atoms with E-state index in [2.05, 4.69) is 187 Å². The second-order valence-electron chi connectivity index (χ2n) is 19.2. The second kappa shape index (κ2) is 20.2. The summed E-state index contributed by atoms with van der Waals surface area (Å²) in [5.74, 6) is 5.85. The number of hydrogen-bond donors (Lipinski definition) is 0. The van der Waals surface area contributed by atoms with Crippen LogP contribution in [0.5, 0.6) is 0 Å². The summed E-state index contributed by atoms with van der Waals surface area (Å²) in [6.07, 6.45) is 14.4. The van der Waals surface area contributed by atoms with Crippen molar-refractivity contribution in [3.8, 4) is 0 Å². The average Bonchev–Trinajstić information content (AvgIpc) is 2.99. The van der Waals surface area contributed by atoms with Gasteiger partial charge in [-0.15, -0.1) is 0 Å². The Kier molecular flexibility index (Phi) is 17.7. The van der Waals surface area contributed by atoms with E-state index in [4.69, 9.17) is 0 Å². The lowest BCUT2D eigenvalue weighted by Gasteiger charge is -2.37. The van der Waals surface area contributed by atoms with Gasteiger partial charge < -0.3 is 0 Å². The molecular weight excluding hydrogens is 625 g/mol. The van der Waals surface area contributed by atoms with Gasteiger partial charge in [0.05, 0.1) is 0 Å². The quantitative estimate of drug-likeness (QED) is 0.173. The molecule has 3 rings (SSSR count). The van der Waals surface area contributed by atoms with Crippen LogP contribution in [0.2, 0.25) is 0 Å². The van der Waals surface area contributed by atoms with Gasteiger partial charge in [0.1, 0.15) is 0 Å². The van der Waals surface area contributed by atoms with Gasteiger partial charge in [0, 0.05) is 0 Å². The zero-order chi connectivity index (χ0) is 39.8. The van der Waals surface area contributed by atoms with Crippen molar-refractivity contribution in [2.45, 2.75) is 175 Å². The first-order valence-electron chi connectivity index (χ1n) is 21.3. The highest BCUT2D eigenvalue weighted by Gasteiger charge is 2.33. The van der Waals surface area contributed by atoms with Crippen molar-refractivity contribution in [1.82, 2.24) is 0 Å². The SMILES string of the molecule is CC(C)/C=C\c1c(/C(=C/C(C)C)CC(C)C)ccc(C(C)C)c1C(C)C.CC(C)/C=C\c1c2c(cc(C(C)C)c1C(C)C)C(C(C)C)=C2CC(C)C. The Morgan fingerprint density at radius 3 is 1.42 bits per heavy atom. The monoisotopic (exact) mass is 707 g/mol. The van der Waals surface area contributed by atoms with E-state index >= 15 is 0 Å². The van der Waals surface area contributed by atoms with Crippen LogP contribution in [0.3, 0.4) is 0 Å². The molecule has 0 heterocycles. The van der Waals surface area contributed by atoms with Crippen LogP contribution in [0.25, 0.3) is 28.9 Å². The molecule has 0 saturated carbocycles. The summed E-state index contributed by atoms with van der Waals surface area (Å²) in [7, 11) is 0. The van der Waals surface area contributed by atoms with E-state index in [0.717, 1.165) is 6.42 Å². The Labute approximate surface area is 324 Å². The van der Waals surface area contributed by atoms with Gasteiger partial charge in [-0.1, -0.05) is 187 Å². The topological polar surface area (TPSA) is 0 Å². The number of hydrogen-bond acceptors (Lipinski definition) is 0. The molecule has 2 aromatic carbocycles. The molecule has 0 spiro atoms. The van der Waals surface area contributed by atoms with Gasteiger partial charge in [-0.05, 0) is 139 Å². The molecule has 2 aromatic rings. The maximum Gasteiger partial charge on any atom is -0.00702 e. The average molecular weight is 707 g/mol. The normalized spacial score (nSPS) is 14.0. The van der Waals surface area contributed by atoms with Crippen LogP contribution in [0, 0.1) is 35.5 Å². The molecule has 52 heavy (non-hydrogen) atoms. The molecule has 0 fully saturated rings. The summed E-state index contributed by atoms with van der Waals surface area (Å²) < 4.78 is 0. The predicted molar refractivity (Wildman–Crippen MR) is 240 cm³/mol. The maximum atomic E-state index is 2.53. The fourth-order valence-electron chi connectivity index (χ4n) is 8.04. The molecule has 0 N–H and O–H groups in total. The van der Waals surface area contributed by atoms with Crippen LogP contribution >= 0.6 is 0 Å². The van der Waals surface area contributed by atoms with Crippen LogP contribution < -0.4 is 0 Å². The van der Waals surface area contributed by atoms with E-state index in [1.54, 1.807) is 27.8 Å². The Bertz CT molecular complexity index is 1530. The largest absolute Gasteiger partial charge is 0.0813 e. The van der Waals surface area contributed by atoms with Gasteiger partial charge in [-0.25, -0.2) is 0 Å². The van der Waals surface area contributed by atoms with Crippen LogP contribution in [0.15, 0.2) is 36.4 Å². The lowest BCUT2D eigenvalue weighted by atomic mass is 9.67. The van der Waals surface area contributed by atoms with Crippen LogP contribution in [0.1, 0.15) is 225 Å². The zero-order valence-corrected chi connectivity index (χ0v) is 37.8. The highest BCUT2D eigenvalue weighted by molar-refractivity contribution is 6.07. The molecule has 0 aliphatic heterocycles. The van der Waals surface area contributed by atoms with Crippen LogP contribution in [-0.2, 0) is 0 Å². The maximum absolute atomic E-state index is 2.53. The van der Waals surface area contributed by atoms with Crippen LogP contribution in [0.4, 0.5) is 0 Å². The van der Waals surface area contributed by atoms with E-state index < -0.39 is 0 Å². The Balaban J connectivity index is 0.000000360. The second-order valence-corrected chi connectivity index (χ2v) is 19.2. The molecule has 0 heteroatoms. The molecule has 0 atom stereocenters. The minimum Gasteiger partial charge on any atom is -0.0813 e. The third kappa shape index (κ3) is 12.0. The molecule has 290 valence electrons. The minimum absolute atomic E-state index is 0.526. The first kappa shape index (κ1) is 45.6. The molecule has 1 aliphatic carbocycles. The molecule has 0 amide bonds. The zero-order valence-electron chi connectivity index (χ0n) is 37.8. The van der Waals surface area contributed by atoms with E-state index in [0.29, 0.717) is 59.2 Å². The first-order valence-corrected chi connectivity index (χ1v) is 21.3. The summed E-state index contributed by atoms with van der Waals surface area (Å²) in [5, 5.41) is 0. The van der Waals surface area contributed by atoms with Crippen LogP contribution in [-0.4, -0.2) is 0 Å². The molecule has 0 bridgehead atoms. The van der Waals surface area contributed by atoms with Gasteiger partial charge in [0.2, 0.25) is 0 Å². The number of allylic oxidation sites excluding steroid dienone is 6. The minimum atomic E-state index is 0.526. The summed E-state index contributed by atoms with van der Waals surface area (Å²) >= 11 is 0. The summed E-state index contributed by atoms with van der Waals surface area (Å²) in [6.45, 7) is 46.4. The highest BCUT2D eigenvalue weighted by Crippen LogP contribution is 2.52. The first-order chi connectivity index (χ1) is 24.1. The van der Waals surface area contributed by atoms with E-state index in [1.807, 2.05) is 0 Å². The number of rotatable bonds is 15. The Morgan fingerprint density at radius 1 is 0.519 bits per heavy atom. The third-order valence-electron chi connectivity index (χ3n) is 10.1. The third-order valence-corrected chi connectivity index (χ3v) is 10.1. The van der Waals surface area contributed by atoms with E-state index in [9.17, 15) is 0 Å². The van der Waals surface area contributed by atoms with Gasteiger partial charge in [-0.3, -0.25) is 0 Å². The molecule has 0 unspecified atom stereocenters. The number of fused-ring (bicyclic) bond motifs is 1. The standard InChI is InChI=1S/C26H40.C26H42/c1-15(2)11-12-20-24(18(7)8)21(17(5)6)14-23-25(19(9)10)22(26(20)23)13-16(3)4;1-17(2)11-12-25-24(22(15-18(3)4)16-19(5)6)14-13-23(20(7)8)26(25)21(9)10/h11-12,14-19H,13H2,1-10H3;11-15,17-21H,16H2,1-10H3/b12-11-;12-11-,22-15+. The molecular formula is C52H82. The van der Waals surface area contributed by atoms with Crippen molar-refractivity contribution in [2.24, 2.45) is 35.5 Å². The molecule has 1 aliphatic rings. The Hall–Kier alpha value is -2.60.